The number of methoxy groups -OCH3 is 1. The van der Waals surface area contributed by atoms with Crippen LogP contribution in [0.3, 0.4) is 0 Å². The van der Waals surface area contributed by atoms with Crippen molar-refractivity contribution in [2.45, 2.75) is 51.6 Å². The Morgan fingerprint density at radius 1 is 1.50 bits per heavy atom. The number of amides is 1. The molecule has 0 aromatic rings. The zero-order valence-corrected chi connectivity index (χ0v) is 10.6. The fraction of sp³-hybridized carbons (Fsp3) is 0.917. The van der Waals surface area contributed by atoms with Crippen LogP contribution in [-0.4, -0.2) is 31.7 Å². The summed E-state index contributed by atoms with van der Waals surface area (Å²) in [6.45, 7) is 4.84. The van der Waals surface area contributed by atoms with E-state index in [9.17, 15) is 4.79 Å². The smallest absolute Gasteiger partial charge is 0.239 e. The van der Waals surface area contributed by atoms with Gasteiger partial charge in [-0.05, 0) is 31.1 Å². The van der Waals surface area contributed by atoms with Gasteiger partial charge in [-0.1, -0.05) is 13.8 Å². The third-order valence-electron chi connectivity index (χ3n) is 3.37. The van der Waals surface area contributed by atoms with E-state index in [-0.39, 0.29) is 12.5 Å². The minimum Gasteiger partial charge on any atom is -0.383 e. The molecule has 1 unspecified atom stereocenters. The highest BCUT2D eigenvalue weighted by Crippen LogP contribution is 2.34. The summed E-state index contributed by atoms with van der Waals surface area (Å²) in [5.74, 6) is -0.0912. The van der Waals surface area contributed by atoms with Gasteiger partial charge < -0.3 is 15.8 Å². The van der Waals surface area contributed by atoms with Gasteiger partial charge in [-0.3, -0.25) is 4.79 Å². The van der Waals surface area contributed by atoms with E-state index in [1.165, 1.54) is 0 Å². The van der Waals surface area contributed by atoms with Gasteiger partial charge >= 0.3 is 0 Å². The maximum atomic E-state index is 11.6. The van der Waals surface area contributed by atoms with Crippen LogP contribution in [0.25, 0.3) is 0 Å². The first-order valence-electron chi connectivity index (χ1n) is 5.99. The zero-order chi connectivity index (χ0) is 12.2. The first-order valence-corrected chi connectivity index (χ1v) is 5.99. The van der Waals surface area contributed by atoms with E-state index in [0.717, 1.165) is 25.7 Å². The van der Waals surface area contributed by atoms with Crippen LogP contribution >= 0.6 is 0 Å². The van der Waals surface area contributed by atoms with Crippen molar-refractivity contribution in [1.29, 1.82) is 0 Å². The molecule has 94 valence electrons. The summed E-state index contributed by atoms with van der Waals surface area (Å²) in [6.07, 6.45) is 4.44. The Morgan fingerprint density at radius 3 is 2.56 bits per heavy atom. The molecule has 0 aromatic heterocycles. The molecule has 1 aliphatic carbocycles. The van der Waals surface area contributed by atoms with Gasteiger partial charge in [0.1, 0.15) is 6.04 Å². The van der Waals surface area contributed by atoms with E-state index in [1.54, 1.807) is 7.11 Å². The van der Waals surface area contributed by atoms with Gasteiger partial charge in [0.25, 0.3) is 0 Å². The molecule has 4 nitrogen and oxygen atoms in total. The van der Waals surface area contributed by atoms with Gasteiger partial charge in [-0.15, -0.1) is 0 Å². The van der Waals surface area contributed by atoms with Crippen molar-refractivity contribution >= 4 is 5.91 Å². The van der Waals surface area contributed by atoms with Crippen LogP contribution < -0.4 is 11.1 Å². The second-order valence-electron chi connectivity index (χ2n) is 5.51. The fourth-order valence-electron chi connectivity index (χ4n) is 2.11. The van der Waals surface area contributed by atoms with Crippen molar-refractivity contribution in [1.82, 2.24) is 5.32 Å². The summed E-state index contributed by atoms with van der Waals surface area (Å²) in [6, 6.07) is -0.247. The standard InChI is InChI=1S/C12H24N2O2/c1-12(2)6-4-9(5-7-12)14-11(15)10(13)8-16-3/h9-10H,4-8,13H2,1-3H3,(H,14,15). The molecule has 3 N–H and O–H groups in total. The minimum absolute atomic E-state index is 0.0912. The third-order valence-corrected chi connectivity index (χ3v) is 3.37. The molecule has 0 aliphatic heterocycles. The predicted molar refractivity (Wildman–Crippen MR) is 64.0 cm³/mol. The van der Waals surface area contributed by atoms with E-state index in [0.29, 0.717) is 11.5 Å². The number of ether oxygens (including phenoxy) is 1. The molecular weight excluding hydrogens is 204 g/mol. The average molecular weight is 228 g/mol. The fourth-order valence-corrected chi connectivity index (χ4v) is 2.11. The predicted octanol–water partition coefficient (Wildman–Crippen LogP) is 1.05. The molecule has 0 radical (unpaired) electrons. The second kappa shape index (κ2) is 5.64. The molecule has 0 saturated heterocycles. The number of carbonyl (C=O) groups is 1. The summed E-state index contributed by atoms with van der Waals surface area (Å²) in [4.78, 5) is 11.6. The maximum absolute atomic E-state index is 11.6. The number of nitrogens with two attached hydrogens (primary N) is 1. The van der Waals surface area contributed by atoms with E-state index in [1.807, 2.05) is 0 Å². The highest BCUT2D eigenvalue weighted by atomic mass is 16.5. The van der Waals surface area contributed by atoms with Gasteiger partial charge in [0.2, 0.25) is 5.91 Å². The normalized spacial score (nSPS) is 22.8. The highest BCUT2D eigenvalue weighted by molar-refractivity contribution is 5.81. The van der Waals surface area contributed by atoms with Crippen molar-refractivity contribution in [3.63, 3.8) is 0 Å². The molecule has 1 aliphatic rings. The first kappa shape index (κ1) is 13.5. The topological polar surface area (TPSA) is 64.3 Å². The minimum atomic E-state index is -0.542. The largest absolute Gasteiger partial charge is 0.383 e. The average Bonchev–Trinajstić information content (AvgIpc) is 2.21. The number of carbonyl (C=O) groups excluding carboxylic acids is 1. The summed E-state index contributed by atoms with van der Waals surface area (Å²) in [5.41, 5.74) is 6.09. The highest BCUT2D eigenvalue weighted by Gasteiger charge is 2.28. The first-order chi connectivity index (χ1) is 7.44. The van der Waals surface area contributed by atoms with Gasteiger partial charge in [-0.25, -0.2) is 0 Å². The van der Waals surface area contributed by atoms with Gasteiger partial charge in [0.05, 0.1) is 6.61 Å². The Kier molecular flexibility index (Phi) is 4.74. The molecule has 16 heavy (non-hydrogen) atoms. The van der Waals surface area contributed by atoms with Gasteiger partial charge in [0.15, 0.2) is 0 Å². The van der Waals surface area contributed by atoms with E-state index in [4.69, 9.17) is 10.5 Å². The van der Waals surface area contributed by atoms with Crippen LogP contribution in [0.1, 0.15) is 39.5 Å². The third kappa shape index (κ3) is 4.10. The maximum Gasteiger partial charge on any atom is 0.239 e. The zero-order valence-electron chi connectivity index (χ0n) is 10.6. The number of hydrogen-bond acceptors (Lipinski definition) is 3. The summed E-state index contributed by atoms with van der Waals surface area (Å²) < 4.78 is 4.86. The monoisotopic (exact) mass is 228 g/mol. The molecule has 1 amide bonds. The number of rotatable bonds is 4. The van der Waals surface area contributed by atoms with E-state index < -0.39 is 6.04 Å². The number of nitrogens with one attached hydrogen (secondary N) is 1. The molecular formula is C12H24N2O2. The quantitative estimate of drug-likeness (QED) is 0.756. The summed E-state index contributed by atoms with van der Waals surface area (Å²) in [5, 5.41) is 3.00. The van der Waals surface area contributed by atoms with Gasteiger partial charge in [-0.2, -0.15) is 0 Å². The van der Waals surface area contributed by atoms with Crippen molar-refractivity contribution in [2.75, 3.05) is 13.7 Å². The Labute approximate surface area is 97.9 Å². The second-order valence-corrected chi connectivity index (χ2v) is 5.51. The molecule has 0 heterocycles. The molecule has 1 saturated carbocycles. The van der Waals surface area contributed by atoms with E-state index >= 15 is 0 Å². The van der Waals surface area contributed by atoms with Crippen LogP contribution in [0.4, 0.5) is 0 Å². The van der Waals surface area contributed by atoms with Crippen molar-refractivity contribution in [2.24, 2.45) is 11.1 Å². The Hall–Kier alpha value is -0.610. The lowest BCUT2D eigenvalue weighted by atomic mass is 9.75. The van der Waals surface area contributed by atoms with E-state index in [2.05, 4.69) is 19.2 Å². The summed E-state index contributed by atoms with van der Waals surface area (Å²) in [7, 11) is 1.55. The summed E-state index contributed by atoms with van der Waals surface area (Å²) >= 11 is 0. The molecule has 0 bridgehead atoms. The molecule has 4 heteroatoms. The Bertz CT molecular complexity index is 231. The molecule has 1 atom stereocenters. The molecule has 1 fully saturated rings. The van der Waals surface area contributed by atoms with Crippen molar-refractivity contribution in [3.8, 4) is 0 Å². The van der Waals surface area contributed by atoms with Crippen molar-refractivity contribution < 1.29 is 9.53 Å². The lowest BCUT2D eigenvalue weighted by molar-refractivity contribution is -0.124. The van der Waals surface area contributed by atoms with Crippen LogP contribution in [0.5, 0.6) is 0 Å². The molecule has 0 spiro atoms. The van der Waals surface area contributed by atoms with Crippen molar-refractivity contribution in [3.05, 3.63) is 0 Å². The van der Waals surface area contributed by atoms with Crippen LogP contribution in [0.2, 0.25) is 0 Å². The number of hydrogen-bond donors (Lipinski definition) is 2. The van der Waals surface area contributed by atoms with Gasteiger partial charge in [0, 0.05) is 13.2 Å². The van der Waals surface area contributed by atoms with Crippen LogP contribution in [0.15, 0.2) is 0 Å². The Morgan fingerprint density at radius 2 is 2.06 bits per heavy atom. The lowest BCUT2D eigenvalue weighted by Gasteiger charge is -2.34. The van der Waals surface area contributed by atoms with Crippen LogP contribution in [-0.2, 0) is 9.53 Å². The Balaban J connectivity index is 2.31. The van der Waals surface area contributed by atoms with Crippen LogP contribution in [0, 0.1) is 5.41 Å². The molecule has 1 rings (SSSR count). The lowest BCUT2D eigenvalue weighted by Crippen LogP contribution is -2.48. The molecule has 0 aromatic carbocycles. The SMILES string of the molecule is COCC(N)C(=O)NC1CCC(C)(C)CC1.